The van der Waals surface area contributed by atoms with E-state index in [0.717, 1.165) is 0 Å². The Morgan fingerprint density at radius 1 is 1.00 bits per heavy atom. The summed E-state index contributed by atoms with van der Waals surface area (Å²) in [6.07, 6.45) is 0. The minimum absolute atomic E-state index is 0. The van der Waals surface area contributed by atoms with Crippen molar-refractivity contribution in [2.75, 3.05) is 0 Å². The average molecular weight is 131 g/mol. The van der Waals surface area contributed by atoms with E-state index in [1.165, 1.54) is 0 Å². The third-order valence-corrected chi connectivity index (χ3v) is 4.50. The Hall–Kier alpha value is 0.177. The highest BCUT2D eigenvalue weighted by Gasteiger charge is 2.15. The molecule has 0 spiro atoms. The molecule has 8 heavy (non-hydrogen) atoms. The Morgan fingerprint density at radius 3 is 1.12 bits per heavy atom. The van der Waals surface area contributed by atoms with Gasteiger partial charge in [0.15, 0.2) is 0 Å². The zero-order chi connectivity index (χ0) is 6.08. The summed E-state index contributed by atoms with van der Waals surface area (Å²) < 4.78 is 0. The molecule has 0 fully saturated rings. The van der Waals surface area contributed by atoms with E-state index in [0.29, 0.717) is 5.04 Å². The largest absolute Gasteiger partial charge is 0.0709 e. The standard InChI is InChI=1S/C6H15Si.O/c1-6(2,3)7(4)5;/h1-5H3;. The highest BCUT2D eigenvalue weighted by molar-refractivity contribution is 6.59. The van der Waals surface area contributed by atoms with E-state index in [-0.39, 0.29) is 14.3 Å². The molecule has 1 nitrogen and oxygen atoms in total. The van der Waals surface area contributed by atoms with Gasteiger partial charge in [0.25, 0.3) is 0 Å². The normalized spacial score (nSPS) is 11.2. The van der Waals surface area contributed by atoms with Crippen LogP contribution in [0.4, 0.5) is 0 Å². The fourth-order valence-corrected chi connectivity index (χ4v) is 0. The van der Waals surface area contributed by atoms with Crippen molar-refractivity contribution in [3.8, 4) is 0 Å². The zero-order valence-electron chi connectivity index (χ0n) is 6.41. The molecular formula is C6H15OSi. The molecule has 0 aliphatic heterocycles. The minimum atomic E-state index is -0.0502. The first-order chi connectivity index (χ1) is 2.94. The summed E-state index contributed by atoms with van der Waals surface area (Å²) in [6, 6.07) is 0. The number of rotatable bonds is 0. The van der Waals surface area contributed by atoms with Crippen molar-refractivity contribution in [1.29, 1.82) is 0 Å². The SMILES string of the molecule is C[Si](C)C(C)(C)C.[O]. The molecule has 0 rings (SSSR count). The van der Waals surface area contributed by atoms with Crippen molar-refractivity contribution < 1.29 is 5.48 Å². The van der Waals surface area contributed by atoms with Crippen molar-refractivity contribution in [2.24, 2.45) is 0 Å². The Balaban J connectivity index is 0. The van der Waals surface area contributed by atoms with Crippen LogP contribution < -0.4 is 0 Å². The molecule has 2 heteroatoms. The molecule has 0 aromatic rings. The second-order valence-electron chi connectivity index (χ2n) is 3.25. The fourth-order valence-electron chi connectivity index (χ4n) is 0. The van der Waals surface area contributed by atoms with Crippen LogP contribution in [0.3, 0.4) is 0 Å². The molecule has 0 amide bonds. The van der Waals surface area contributed by atoms with E-state index < -0.39 is 0 Å². The topological polar surface area (TPSA) is 28.5 Å². The Labute approximate surface area is 54.0 Å². The summed E-state index contributed by atoms with van der Waals surface area (Å²) in [5.74, 6) is 0. The monoisotopic (exact) mass is 131 g/mol. The van der Waals surface area contributed by atoms with Crippen LogP contribution in [0.2, 0.25) is 18.1 Å². The van der Waals surface area contributed by atoms with Gasteiger partial charge in [0.05, 0.1) is 0 Å². The van der Waals surface area contributed by atoms with Crippen LogP contribution in [-0.2, 0) is 5.48 Å². The first kappa shape index (κ1) is 11.0. The van der Waals surface area contributed by atoms with E-state index in [4.69, 9.17) is 0 Å². The molecule has 0 bridgehead atoms. The minimum Gasteiger partial charge on any atom is -0.0709 e. The molecule has 0 saturated heterocycles. The van der Waals surface area contributed by atoms with E-state index in [1.54, 1.807) is 0 Å². The van der Waals surface area contributed by atoms with Crippen molar-refractivity contribution in [3.63, 3.8) is 0 Å². The van der Waals surface area contributed by atoms with Gasteiger partial charge in [0.1, 0.15) is 0 Å². The summed E-state index contributed by atoms with van der Waals surface area (Å²) >= 11 is 0. The van der Waals surface area contributed by atoms with Crippen LogP contribution in [0, 0.1) is 0 Å². The lowest BCUT2D eigenvalue weighted by Gasteiger charge is -2.20. The van der Waals surface area contributed by atoms with Gasteiger partial charge in [-0.25, -0.2) is 0 Å². The maximum atomic E-state index is 2.35. The van der Waals surface area contributed by atoms with Gasteiger partial charge in [-0.1, -0.05) is 33.9 Å². The highest BCUT2D eigenvalue weighted by Crippen LogP contribution is 2.25. The van der Waals surface area contributed by atoms with Crippen LogP contribution in [-0.4, -0.2) is 8.80 Å². The molecule has 0 saturated carbocycles. The van der Waals surface area contributed by atoms with Crippen LogP contribution in [0.1, 0.15) is 20.8 Å². The lowest BCUT2D eigenvalue weighted by atomic mass is 10.2. The predicted octanol–water partition coefficient (Wildman–Crippen LogP) is 2.42. The van der Waals surface area contributed by atoms with Gasteiger partial charge >= 0.3 is 0 Å². The Bertz CT molecular complexity index is 54.0. The molecule has 49 valence electrons. The maximum absolute atomic E-state index is 2.35. The molecular weight excluding hydrogens is 116 g/mol. The van der Waals surface area contributed by atoms with E-state index in [9.17, 15) is 0 Å². The third kappa shape index (κ3) is 4.34. The summed E-state index contributed by atoms with van der Waals surface area (Å²) in [4.78, 5) is 0. The predicted molar refractivity (Wildman–Crippen MR) is 37.9 cm³/mol. The zero-order valence-corrected chi connectivity index (χ0v) is 7.41. The molecule has 0 heterocycles. The summed E-state index contributed by atoms with van der Waals surface area (Å²) in [6.45, 7) is 11.6. The van der Waals surface area contributed by atoms with Crippen LogP contribution in [0.15, 0.2) is 0 Å². The van der Waals surface area contributed by atoms with Gasteiger partial charge in [-0.05, 0) is 5.04 Å². The van der Waals surface area contributed by atoms with E-state index in [2.05, 4.69) is 33.9 Å². The molecule has 0 aromatic carbocycles. The molecule has 0 aliphatic rings. The smallest absolute Gasteiger partial charge is 0.0470 e. The van der Waals surface area contributed by atoms with E-state index in [1.807, 2.05) is 0 Å². The lowest BCUT2D eigenvalue weighted by molar-refractivity contribution is 0.686. The van der Waals surface area contributed by atoms with Crippen molar-refractivity contribution in [1.82, 2.24) is 0 Å². The van der Waals surface area contributed by atoms with Gasteiger partial charge in [0, 0.05) is 14.3 Å². The van der Waals surface area contributed by atoms with Gasteiger partial charge < -0.3 is 0 Å². The van der Waals surface area contributed by atoms with Crippen molar-refractivity contribution >= 4 is 8.80 Å². The summed E-state index contributed by atoms with van der Waals surface area (Å²) in [5, 5.41) is 0.602. The first-order valence-electron chi connectivity index (χ1n) is 2.75. The van der Waals surface area contributed by atoms with Gasteiger partial charge in [-0.3, -0.25) is 0 Å². The molecule has 0 aromatic heterocycles. The molecule has 0 N–H and O–H groups in total. The lowest BCUT2D eigenvalue weighted by Crippen LogP contribution is -2.16. The Morgan fingerprint density at radius 2 is 1.12 bits per heavy atom. The fraction of sp³-hybridized carbons (Fsp3) is 1.00. The van der Waals surface area contributed by atoms with Crippen LogP contribution >= 0.6 is 0 Å². The van der Waals surface area contributed by atoms with Crippen molar-refractivity contribution in [3.05, 3.63) is 0 Å². The maximum Gasteiger partial charge on any atom is 0.0470 e. The molecule has 3 radical (unpaired) electrons. The van der Waals surface area contributed by atoms with Gasteiger partial charge in [0.2, 0.25) is 0 Å². The summed E-state index contributed by atoms with van der Waals surface area (Å²) in [7, 11) is -0.0502. The third-order valence-electron chi connectivity index (χ3n) is 1.50. The Kier molecular flexibility index (Phi) is 4.49. The second-order valence-corrected chi connectivity index (χ2v) is 6.75. The highest BCUT2D eigenvalue weighted by atomic mass is 28.3. The van der Waals surface area contributed by atoms with Gasteiger partial charge in [-0.2, -0.15) is 0 Å². The molecule has 0 atom stereocenters. The summed E-state index contributed by atoms with van der Waals surface area (Å²) in [5.41, 5.74) is 0. The number of hydrogen-bond acceptors (Lipinski definition) is 0. The quantitative estimate of drug-likeness (QED) is 0.452. The van der Waals surface area contributed by atoms with Crippen LogP contribution in [0.5, 0.6) is 0 Å². The van der Waals surface area contributed by atoms with Crippen LogP contribution in [0.25, 0.3) is 0 Å². The molecule has 0 aliphatic carbocycles. The van der Waals surface area contributed by atoms with E-state index >= 15 is 0 Å². The first-order valence-corrected chi connectivity index (χ1v) is 5.25. The second kappa shape index (κ2) is 3.25. The number of hydrogen-bond donors (Lipinski definition) is 0. The van der Waals surface area contributed by atoms with Gasteiger partial charge in [-0.15, -0.1) is 0 Å². The molecule has 0 unspecified atom stereocenters. The average Bonchev–Trinajstić information content (AvgIpc) is 1.31. The van der Waals surface area contributed by atoms with Crippen molar-refractivity contribution in [2.45, 2.75) is 38.9 Å².